The first-order valence-corrected chi connectivity index (χ1v) is 8.61. The molecule has 6 nitrogen and oxygen atoms in total. The summed E-state index contributed by atoms with van der Waals surface area (Å²) in [5, 5.41) is 15.2. The molecule has 1 aromatic heterocycles. The third-order valence-electron chi connectivity index (χ3n) is 4.43. The average molecular weight is 335 g/mol. The highest BCUT2D eigenvalue weighted by Crippen LogP contribution is 2.25. The molecule has 0 saturated heterocycles. The highest BCUT2D eigenvalue weighted by Gasteiger charge is 2.21. The number of benzene rings is 1. The second-order valence-electron chi connectivity index (χ2n) is 6.24. The first kappa shape index (κ1) is 16.9. The van der Waals surface area contributed by atoms with Gasteiger partial charge in [-0.15, -0.1) is 0 Å². The van der Waals surface area contributed by atoms with Gasteiger partial charge in [0, 0.05) is 30.5 Å². The lowest BCUT2D eigenvalue weighted by Gasteiger charge is -2.20. The van der Waals surface area contributed by atoms with Crippen molar-refractivity contribution in [3.8, 4) is 6.07 Å². The summed E-state index contributed by atoms with van der Waals surface area (Å²) in [6, 6.07) is 9.73. The van der Waals surface area contributed by atoms with Gasteiger partial charge in [-0.25, -0.2) is 9.97 Å². The van der Waals surface area contributed by atoms with E-state index < -0.39 is 0 Å². The smallest absolute Gasteiger partial charge is 0.227 e. The van der Waals surface area contributed by atoms with E-state index in [1.165, 1.54) is 12.6 Å². The Bertz CT molecular complexity index is 777. The Kier molecular flexibility index (Phi) is 5.57. The molecule has 1 aromatic carbocycles. The minimum atomic E-state index is 0.116. The summed E-state index contributed by atoms with van der Waals surface area (Å²) >= 11 is 0. The second kappa shape index (κ2) is 8.25. The maximum Gasteiger partial charge on any atom is 0.227 e. The van der Waals surface area contributed by atoms with Crippen molar-refractivity contribution >= 4 is 17.4 Å². The van der Waals surface area contributed by atoms with Gasteiger partial charge in [-0.05, 0) is 30.5 Å². The lowest BCUT2D eigenvalue weighted by Crippen LogP contribution is -2.24. The van der Waals surface area contributed by atoms with E-state index in [1.807, 2.05) is 30.3 Å². The number of aromatic nitrogens is 2. The van der Waals surface area contributed by atoms with Gasteiger partial charge in [0.2, 0.25) is 5.91 Å². The molecule has 1 saturated carbocycles. The zero-order chi connectivity index (χ0) is 17.5. The fraction of sp³-hybridized carbons (Fsp3) is 0.368. The third kappa shape index (κ3) is 4.54. The Morgan fingerprint density at radius 2 is 2.00 bits per heavy atom. The summed E-state index contributed by atoms with van der Waals surface area (Å²) in [6.07, 6.45) is 8.52. The number of carbonyl (C=O) groups is 1. The molecule has 0 unspecified atom stereocenters. The normalized spacial score (nSPS) is 14.5. The second-order valence-corrected chi connectivity index (χ2v) is 6.24. The van der Waals surface area contributed by atoms with Gasteiger partial charge in [-0.2, -0.15) is 5.26 Å². The minimum Gasteiger partial charge on any atom is -0.364 e. The maximum absolute atomic E-state index is 12.4. The van der Waals surface area contributed by atoms with Gasteiger partial charge in [0.25, 0.3) is 0 Å². The molecule has 1 aliphatic rings. The van der Waals surface area contributed by atoms with E-state index in [0.29, 0.717) is 12.4 Å². The Morgan fingerprint density at radius 3 is 2.80 bits per heavy atom. The lowest BCUT2D eigenvalue weighted by atomic mass is 9.88. The number of hydrogen-bond donors (Lipinski definition) is 2. The van der Waals surface area contributed by atoms with Crippen LogP contribution in [0.2, 0.25) is 0 Å². The van der Waals surface area contributed by atoms with Crippen LogP contribution in [-0.2, 0) is 11.3 Å². The Balaban J connectivity index is 1.61. The van der Waals surface area contributed by atoms with E-state index in [4.69, 9.17) is 5.26 Å². The predicted molar refractivity (Wildman–Crippen MR) is 95.7 cm³/mol. The molecule has 1 amide bonds. The standard InChI is InChI=1S/C19H21N5O/c20-12-17-18(22-10-9-21-17)23-13-14-5-4-8-16(11-14)24-19(25)15-6-2-1-3-7-15/h4-5,8-11,15H,1-3,6-7,13H2,(H,22,23)(H,24,25). The molecule has 25 heavy (non-hydrogen) atoms. The van der Waals surface area contributed by atoms with E-state index >= 15 is 0 Å². The zero-order valence-corrected chi connectivity index (χ0v) is 14.0. The summed E-state index contributed by atoms with van der Waals surface area (Å²) < 4.78 is 0. The largest absolute Gasteiger partial charge is 0.364 e. The molecule has 128 valence electrons. The molecule has 2 aromatic rings. The fourth-order valence-electron chi connectivity index (χ4n) is 3.10. The summed E-state index contributed by atoms with van der Waals surface area (Å²) in [6.45, 7) is 0.501. The van der Waals surface area contributed by atoms with Gasteiger partial charge >= 0.3 is 0 Å². The van der Waals surface area contributed by atoms with Gasteiger partial charge in [-0.3, -0.25) is 4.79 Å². The number of carbonyl (C=O) groups excluding carboxylic acids is 1. The van der Waals surface area contributed by atoms with E-state index in [1.54, 1.807) is 6.20 Å². The quantitative estimate of drug-likeness (QED) is 0.873. The number of nitriles is 1. The van der Waals surface area contributed by atoms with E-state index in [9.17, 15) is 4.79 Å². The molecule has 3 rings (SSSR count). The highest BCUT2D eigenvalue weighted by atomic mass is 16.1. The topological polar surface area (TPSA) is 90.7 Å². The molecule has 0 spiro atoms. The van der Waals surface area contributed by atoms with Crippen molar-refractivity contribution in [2.24, 2.45) is 5.92 Å². The summed E-state index contributed by atoms with van der Waals surface area (Å²) in [5.41, 5.74) is 2.06. The summed E-state index contributed by atoms with van der Waals surface area (Å²) in [5.74, 6) is 0.709. The van der Waals surface area contributed by atoms with Crippen LogP contribution >= 0.6 is 0 Å². The monoisotopic (exact) mass is 335 g/mol. The molecule has 1 fully saturated rings. The number of amides is 1. The van der Waals surface area contributed by atoms with Gasteiger partial charge < -0.3 is 10.6 Å². The number of nitrogens with one attached hydrogen (secondary N) is 2. The lowest BCUT2D eigenvalue weighted by molar-refractivity contribution is -0.120. The van der Waals surface area contributed by atoms with Crippen molar-refractivity contribution in [2.45, 2.75) is 38.6 Å². The first-order valence-electron chi connectivity index (χ1n) is 8.61. The number of nitrogens with zero attached hydrogens (tertiary/aromatic N) is 3. The zero-order valence-electron chi connectivity index (χ0n) is 14.0. The summed E-state index contributed by atoms with van der Waals surface area (Å²) in [4.78, 5) is 20.5. The minimum absolute atomic E-state index is 0.116. The van der Waals surface area contributed by atoms with Crippen LogP contribution in [-0.4, -0.2) is 15.9 Å². The van der Waals surface area contributed by atoms with E-state index in [0.717, 1.165) is 36.9 Å². The number of anilines is 2. The van der Waals surface area contributed by atoms with Crippen LogP contribution in [0.25, 0.3) is 0 Å². The van der Waals surface area contributed by atoms with Crippen molar-refractivity contribution < 1.29 is 4.79 Å². The Hall–Kier alpha value is -2.94. The van der Waals surface area contributed by atoms with E-state index in [-0.39, 0.29) is 17.5 Å². The highest BCUT2D eigenvalue weighted by molar-refractivity contribution is 5.92. The van der Waals surface area contributed by atoms with Crippen molar-refractivity contribution in [2.75, 3.05) is 10.6 Å². The van der Waals surface area contributed by atoms with Crippen LogP contribution in [0.5, 0.6) is 0 Å². The number of hydrogen-bond acceptors (Lipinski definition) is 5. The van der Waals surface area contributed by atoms with Crippen LogP contribution in [0.15, 0.2) is 36.7 Å². The van der Waals surface area contributed by atoms with Crippen molar-refractivity contribution in [3.05, 3.63) is 47.9 Å². The molecular formula is C19H21N5O. The SMILES string of the molecule is N#Cc1nccnc1NCc1cccc(NC(=O)C2CCCCC2)c1. The molecule has 1 aliphatic carbocycles. The predicted octanol–water partition coefficient (Wildman–Crippen LogP) is 3.48. The maximum atomic E-state index is 12.4. The van der Waals surface area contributed by atoms with E-state index in [2.05, 4.69) is 20.6 Å². The molecular weight excluding hydrogens is 314 g/mol. The third-order valence-corrected chi connectivity index (χ3v) is 4.43. The van der Waals surface area contributed by atoms with Crippen molar-refractivity contribution in [1.29, 1.82) is 5.26 Å². The summed E-state index contributed by atoms with van der Waals surface area (Å²) in [7, 11) is 0. The molecule has 6 heteroatoms. The molecule has 1 heterocycles. The molecule has 0 bridgehead atoms. The Morgan fingerprint density at radius 1 is 1.20 bits per heavy atom. The molecule has 0 aliphatic heterocycles. The first-order chi connectivity index (χ1) is 12.3. The van der Waals surface area contributed by atoms with Crippen LogP contribution in [0.1, 0.15) is 43.4 Å². The van der Waals surface area contributed by atoms with Crippen LogP contribution in [0, 0.1) is 17.2 Å². The van der Waals surface area contributed by atoms with Gasteiger partial charge in [0.05, 0.1) is 0 Å². The Labute approximate surface area is 147 Å². The van der Waals surface area contributed by atoms with Gasteiger partial charge in [0.1, 0.15) is 6.07 Å². The molecule has 0 atom stereocenters. The van der Waals surface area contributed by atoms with Crippen LogP contribution in [0.3, 0.4) is 0 Å². The number of rotatable bonds is 5. The fourth-order valence-corrected chi connectivity index (χ4v) is 3.10. The molecule has 0 radical (unpaired) electrons. The van der Waals surface area contributed by atoms with Crippen LogP contribution < -0.4 is 10.6 Å². The van der Waals surface area contributed by atoms with Gasteiger partial charge in [-0.1, -0.05) is 31.4 Å². The van der Waals surface area contributed by atoms with Crippen molar-refractivity contribution in [3.63, 3.8) is 0 Å². The molecule has 2 N–H and O–H groups in total. The van der Waals surface area contributed by atoms with Gasteiger partial charge in [0.15, 0.2) is 11.5 Å². The van der Waals surface area contributed by atoms with Crippen molar-refractivity contribution in [1.82, 2.24) is 9.97 Å². The average Bonchev–Trinajstić information content (AvgIpc) is 2.67. The van der Waals surface area contributed by atoms with Crippen LogP contribution in [0.4, 0.5) is 11.5 Å².